The smallest absolute Gasteiger partial charge is 0.264 e. The van der Waals surface area contributed by atoms with Crippen molar-refractivity contribution in [1.82, 2.24) is 10.3 Å². The van der Waals surface area contributed by atoms with Crippen LogP contribution in [0.15, 0.2) is 21.4 Å². The summed E-state index contributed by atoms with van der Waals surface area (Å²) in [7, 11) is 0. The Morgan fingerprint density at radius 2 is 2.47 bits per heavy atom. The Kier molecular flexibility index (Phi) is 4.69. The highest BCUT2D eigenvalue weighted by molar-refractivity contribution is 9.11. The van der Waals surface area contributed by atoms with Crippen LogP contribution in [-0.4, -0.2) is 10.9 Å². The normalized spacial score (nSPS) is 11.8. The number of carbonyl (C=O) groups is 1. The molecule has 98 valence electrons. The van der Waals surface area contributed by atoms with Gasteiger partial charge in [-0.3, -0.25) is 4.79 Å². The van der Waals surface area contributed by atoms with Gasteiger partial charge in [-0.15, -0.1) is 22.7 Å². The van der Waals surface area contributed by atoms with Crippen LogP contribution in [0.25, 0.3) is 0 Å². The number of nitriles is 1. The van der Waals surface area contributed by atoms with Crippen LogP contribution in [0.1, 0.15) is 33.2 Å². The number of nitrogens with zero attached hydrogens (tertiary/aromatic N) is 2. The number of hydrogen-bond acceptors (Lipinski definition) is 5. The molecule has 1 amide bonds. The first kappa shape index (κ1) is 14.2. The number of amides is 1. The largest absolute Gasteiger partial charge is 0.331 e. The average Bonchev–Trinajstić information content (AvgIpc) is 3.04. The van der Waals surface area contributed by atoms with E-state index in [2.05, 4.69) is 32.3 Å². The predicted molar refractivity (Wildman–Crippen MR) is 79.3 cm³/mol. The number of thiazole rings is 1. The van der Waals surface area contributed by atoms with Crippen molar-refractivity contribution in [1.29, 1.82) is 5.26 Å². The highest BCUT2D eigenvalue weighted by Gasteiger charge is 2.20. The SMILES string of the molecule is CCc1nc(Br)sc1C(=O)NC(C#N)c1cccs1. The van der Waals surface area contributed by atoms with E-state index in [4.69, 9.17) is 5.26 Å². The number of thiophene rings is 1. The molecule has 0 fully saturated rings. The molecule has 2 heterocycles. The van der Waals surface area contributed by atoms with Gasteiger partial charge in [-0.25, -0.2) is 4.98 Å². The zero-order chi connectivity index (χ0) is 13.8. The van der Waals surface area contributed by atoms with Crippen LogP contribution < -0.4 is 5.32 Å². The van der Waals surface area contributed by atoms with E-state index < -0.39 is 6.04 Å². The van der Waals surface area contributed by atoms with Gasteiger partial charge in [-0.05, 0) is 33.8 Å². The van der Waals surface area contributed by atoms with E-state index in [1.165, 1.54) is 22.7 Å². The summed E-state index contributed by atoms with van der Waals surface area (Å²) in [5.41, 5.74) is 0.747. The summed E-state index contributed by atoms with van der Waals surface area (Å²) in [5.74, 6) is -0.250. The standard InChI is InChI=1S/C12H10BrN3OS2/c1-2-7-10(19-12(13)16-7)11(17)15-8(6-14)9-4-3-5-18-9/h3-5,8H,2H2,1H3,(H,15,17). The molecule has 0 radical (unpaired) electrons. The Hall–Kier alpha value is -1.23. The van der Waals surface area contributed by atoms with Gasteiger partial charge in [-0.1, -0.05) is 13.0 Å². The summed E-state index contributed by atoms with van der Waals surface area (Å²) in [5, 5.41) is 13.8. The summed E-state index contributed by atoms with van der Waals surface area (Å²) in [6.07, 6.45) is 0.682. The van der Waals surface area contributed by atoms with Gasteiger partial charge < -0.3 is 5.32 Å². The maximum absolute atomic E-state index is 12.2. The Morgan fingerprint density at radius 1 is 1.68 bits per heavy atom. The topological polar surface area (TPSA) is 65.8 Å². The van der Waals surface area contributed by atoms with Gasteiger partial charge in [0.25, 0.3) is 5.91 Å². The number of hydrogen-bond donors (Lipinski definition) is 1. The predicted octanol–water partition coefficient (Wildman–Crippen LogP) is 3.52. The molecule has 4 nitrogen and oxygen atoms in total. The fourth-order valence-corrected chi connectivity index (χ4v) is 3.76. The van der Waals surface area contributed by atoms with Crippen LogP contribution in [0.2, 0.25) is 0 Å². The van der Waals surface area contributed by atoms with Crippen molar-refractivity contribution in [2.24, 2.45) is 0 Å². The third-order valence-corrected chi connectivity index (χ3v) is 4.93. The maximum Gasteiger partial charge on any atom is 0.264 e. The Morgan fingerprint density at radius 3 is 3.05 bits per heavy atom. The van der Waals surface area contributed by atoms with Crippen molar-refractivity contribution in [3.8, 4) is 6.07 Å². The molecule has 0 spiro atoms. The molecule has 0 aliphatic heterocycles. The first-order valence-electron chi connectivity index (χ1n) is 5.54. The number of halogens is 1. The molecule has 0 aromatic carbocycles. The zero-order valence-corrected chi connectivity index (χ0v) is 13.2. The molecule has 0 saturated heterocycles. The lowest BCUT2D eigenvalue weighted by molar-refractivity contribution is 0.0948. The van der Waals surface area contributed by atoms with E-state index in [0.717, 1.165) is 10.6 Å². The third-order valence-electron chi connectivity index (χ3n) is 2.44. The molecule has 0 bridgehead atoms. The van der Waals surface area contributed by atoms with E-state index in [0.29, 0.717) is 15.2 Å². The second kappa shape index (κ2) is 6.28. The minimum absolute atomic E-state index is 0.250. The van der Waals surface area contributed by atoms with E-state index in [1.54, 1.807) is 0 Å². The fourth-order valence-electron chi connectivity index (χ4n) is 1.56. The van der Waals surface area contributed by atoms with Gasteiger partial charge in [0, 0.05) is 4.88 Å². The molecule has 0 saturated carbocycles. The molecule has 7 heteroatoms. The molecule has 0 aliphatic carbocycles. The Bertz CT molecular complexity index is 615. The van der Waals surface area contributed by atoms with Crippen molar-refractivity contribution in [3.05, 3.63) is 36.9 Å². The summed E-state index contributed by atoms with van der Waals surface area (Å²) >= 11 is 6.01. The van der Waals surface area contributed by atoms with Gasteiger partial charge in [0.2, 0.25) is 0 Å². The van der Waals surface area contributed by atoms with Crippen molar-refractivity contribution in [3.63, 3.8) is 0 Å². The van der Waals surface area contributed by atoms with E-state index in [-0.39, 0.29) is 5.91 Å². The van der Waals surface area contributed by atoms with Crippen molar-refractivity contribution in [2.45, 2.75) is 19.4 Å². The van der Waals surface area contributed by atoms with Crippen LogP contribution in [0.4, 0.5) is 0 Å². The molecule has 0 aliphatic rings. The summed E-state index contributed by atoms with van der Waals surface area (Å²) in [4.78, 5) is 17.8. The lowest BCUT2D eigenvalue weighted by Gasteiger charge is -2.09. The van der Waals surface area contributed by atoms with Gasteiger partial charge >= 0.3 is 0 Å². The molecular formula is C12H10BrN3OS2. The van der Waals surface area contributed by atoms with E-state index in [9.17, 15) is 4.79 Å². The number of rotatable bonds is 4. The lowest BCUT2D eigenvalue weighted by Crippen LogP contribution is -2.27. The van der Waals surface area contributed by atoms with Crippen molar-refractivity contribution in [2.75, 3.05) is 0 Å². The quantitative estimate of drug-likeness (QED) is 0.912. The fraction of sp³-hybridized carbons (Fsp3) is 0.250. The third kappa shape index (κ3) is 3.21. The Balaban J connectivity index is 2.18. The van der Waals surface area contributed by atoms with Crippen LogP contribution >= 0.6 is 38.6 Å². The molecule has 1 unspecified atom stereocenters. The summed E-state index contributed by atoms with van der Waals surface area (Å²) < 4.78 is 0.680. The molecular weight excluding hydrogens is 346 g/mol. The molecule has 19 heavy (non-hydrogen) atoms. The van der Waals surface area contributed by atoms with Crippen LogP contribution in [0.3, 0.4) is 0 Å². The highest BCUT2D eigenvalue weighted by atomic mass is 79.9. The number of carbonyl (C=O) groups excluding carboxylic acids is 1. The first-order valence-corrected chi connectivity index (χ1v) is 8.03. The van der Waals surface area contributed by atoms with Crippen molar-refractivity contribution >= 4 is 44.5 Å². The van der Waals surface area contributed by atoms with E-state index in [1.807, 2.05) is 24.4 Å². The summed E-state index contributed by atoms with van der Waals surface area (Å²) in [6, 6.07) is 5.18. The first-order chi connectivity index (χ1) is 9.15. The van der Waals surface area contributed by atoms with Gasteiger partial charge in [0.1, 0.15) is 4.88 Å². The van der Waals surface area contributed by atoms with E-state index >= 15 is 0 Å². The second-order valence-electron chi connectivity index (χ2n) is 3.65. The van der Waals surface area contributed by atoms with Gasteiger partial charge in [0.05, 0.1) is 11.8 Å². The number of nitrogens with one attached hydrogen (secondary N) is 1. The second-order valence-corrected chi connectivity index (χ2v) is 6.90. The minimum atomic E-state index is -0.613. The number of aromatic nitrogens is 1. The maximum atomic E-state index is 12.2. The van der Waals surface area contributed by atoms with Gasteiger partial charge in [0.15, 0.2) is 9.96 Å². The molecule has 2 aromatic rings. The highest BCUT2D eigenvalue weighted by Crippen LogP contribution is 2.25. The summed E-state index contributed by atoms with van der Waals surface area (Å²) in [6.45, 7) is 1.94. The molecule has 1 atom stereocenters. The van der Waals surface area contributed by atoms with Crippen LogP contribution in [0, 0.1) is 11.3 Å². The Labute approximate surface area is 127 Å². The molecule has 1 N–H and O–H groups in total. The lowest BCUT2D eigenvalue weighted by atomic mass is 10.2. The monoisotopic (exact) mass is 355 g/mol. The number of aryl methyl sites for hydroxylation is 1. The van der Waals surface area contributed by atoms with Gasteiger partial charge in [-0.2, -0.15) is 5.26 Å². The average molecular weight is 356 g/mol. The zero-order valence-electron chi connectivity index (χ0n) is 10.0. The van der Waals surface area contributed by atoms with Crippen molar-refractivity contribution < 1.29 is 4.79 Å². The minimum Gasteiger partial charge on any atom is -0.331 e. The van der Waals surface area contributed by atoms with Crippen LogP contribution in [-0.2, 0) is 6.42 Å². The van der Waals surface area contributed by atoms with Crippen LogP contribution in [0.5, 0.6) is 0 Å². The molecule has 2 aromatic heterocycles. The molecule has 2 rings (SSSR count).